The molecule has 0 saturated carbocycles. The average molecular weight is 338 g/mol. The van der Waals surface area contributed by atoms with E-state index in [1.807, 2.05) is 37.3 Å². The molecule has 2 aromatic rings. The van der Waals surface area contributed by atoms with E-state index in [0.717, 1.165) is 11.3 Å². The number of hydrogen-bond acceptors (Lipinski definition) is 3. The van der Waals surface area contributed by atoms with Crippen LogP contribution in [0.25, 0.3) is 0 Å². The SMILES string of the molecule is C[C@H](NCC(=O)NCc1ccccn1)c1cccc(Cl)c1Cl. The summed E-state index contributed by atoms with van der Waals surface area (Å²) < 4.78 is 0. The normalized spacial score (nSPS) is 12.0. The van der Waals surface area contributed by atoms with E-state index >= 15 is 0 Å². The van der Waals surface area contributed by atoms with Crippen LogP contribution in [0, 0.1) is 0 Å². The van der Waals surface area contributed by atoms with Crippen LogP contribution in [0.1, 0.15) is 24.2 Å². The second-order valence-corrected chi connectivity index (χ2v) is 5.63. The zero-order valence-corrected chi connectivity index (χ0v) is 13.7. The molecule has 4 nitrogen and oxygen atoms in total. The van der Waals surface area contributed by atoms with E-state index in [4.69, 9.17) is 23.2 Å². The van der Waals surface area contributed by atoms with Crippen LogP contribution >= 0.6 is 23.2 Å². The van der Waals surface area contributed by atoms with Crippen molar-refractivity contribution in [3.8, 4) is 0 Å². The van der Waals surface area contributed by atoms with Gasteiger partial charge in [0.05, 0.1) is 28.8 Å². The van der Waals surface area contributed by atoms with Crippen molar-refractivity contribution in [1.29, 1.82) is 0 Å². The fourth-order valence-corrected chi connectivity index (χ4v) is 2.44. The standard InChI is InChI=1S/C16H17Cl2N3O/c1-11(13-6-4-7-14(17)16(13)18)20-10-15(22)21-9-12-5-2-3-8-19-12/h2-8,11,20H,9-10H2,1H3,(H,21,22)/t11-/m0/s1. The molecule has 2 N–H and O–H groups in total. The molecule has 1 heterocycles. The summed E-state index contributed by atoms with van der Waals surface area (Å²) in [5.74, 6) is -0.101. The maximum Gasteiger partial charge on any atom is 0.234 e. The van der Waals surface area contributed by atoms with Gasteiger partial charge in [0.15, 0.2) is 0 Å². The first-order valence-electron chi connectivity index (χ1n) is 6.92. The number of carbonyl (C=O) groups is 1. The molecular formula is C16H17Cl2N3O. The fourth-order valence-electron chi connectivity index (χ4n) is 1.96. The maximum absolute atomic E-state index is 11.8. The van der Waals surface area contributed by atoms with E-state index in [9.17, 15) is 4.79 Å². The first-order valence-corrected chi connectivity index (χ1v) is 7.67. The Morgan fingerprint density at radius 2 is 2.05 bits per heavy atom. The first kappa shape index (κ1) is 16.7. The molecule has 2 rings (SSSR count). The second kappa shape index (κ2) is 8.13. The predicted octanol–water partition coefficient (Wildman–Crippen LogP) is 3.36. The lowest BCUT2D eigenvalue weighted by Gasteiger charge is -2.16. The minimum absolute atomic E-state index is 0.0770. The largest absolute Gasteiger partial charge is 0.349 e. The van der Waals surface area contributed by atoms with Gasteiger partial charge in [-0.15, -0.1) is 0 Å². The van der Waals surface area contributed by atoms with Gasteiger partial charge < -0.3 is 10.6 Å². The molecule has 6 heteroatoms. The summed E-state index contributed by atoms with van der Waals surface area (Å²) in [4.78, 5) is 16.0. The molecule has 0 spiro atoms. The number of hydrogen-bond donors (Lipinski definition) is 2. The number of benzene rings is 1. The Morgan fingerprint density at radius 3 is 2.77 bits per heavy atom. The van der Waals surface area contributed by atoms with Crippen LogP contribution < -0.4 is 10.6 Å². The van der Waals surface area contributed by atoms with E-state index in [1.165, 1.54) is 0 Å². The van der Waals surface area contributed by atoms with Crippen molar-refractivity contribution in [2.24, 2.45) is 0 Å². The van der Waals surface area contributed by atoms with Gasteiger partial charge in [-0.05, 0) is 30.7 Å². The van der Waals surface area contributed by atoms with Crippen molar-refractivity contribution in [3.05, 3.63) is 63.9 Å². The molecule has 0 bridgehead atoms. The summed E-state index contributed by atoms with van der Waals surface area (Å²) >= 11 is 12.2. The van der Waals surface area contributed by atoms with Gasteiger partial charge in [-0.3, -0.25) is 9.78 Å². The van der Waals surface area contributed by atoms with Crippen molar-refractivity contribution in [2.75, 3.05) is 6.54 Å². The smallest absolute Gasteiger partial charge is 0.234 e. The minimum Gasteiger partial charge on any atom is -0.349 e. The summed E-state index contributed by atoms with van der Waals surface area (Å²) in [6.07, 6.45) is 1.70. The van der Waals surface area contributed by atoms with Crippen molar-refractivity contribution in [2.45, 2.75) is 19.5 Å². The van der Waals surface area contributed by atoms with Gasteiger partial charge >= 0.3 is 0 Å². The minimum atomic E-state index is -0.101. The maximum atomic E-state index is 11.8. The van der Waals surface area contributed by atoms with Gasteiger partial charge in [0.1, 0.15) is 0 Å². The molecule has 0 aliphatic heterocycles. The van der Waals surface area contributed by atoms with E-state index in [2.05, 4.69) is 15.6 Å². The summed E-state index contributed by atoms with van der Waals surface area (Å²) in [6, 6.07) is 11.0. The van der Waals surface area contributed by atoms with E-state index in [1.54, 1.807) is 12.3 Å². The molecule has 0 unspecified atom stereocenters. The van der Waals surface area contributed by atoms with Crippen LogP contribution in [0.5, 0.6) is 0 Å². The lowest BCUT2D eigenvalue weighted by molar-refractivity contribution is -0.120. The highest BCUT2D eigenvalue weighted by Gasteiger charge is 2.12. The lowest BCUT2D eigenvalue weighted by Crippen LogP contribution is -2.34. The number of amides is 1. The van der Waals surface area contributed by atoms with Gasteiger partial charge in [-0.2, -0.15) is 0 Å². The van der Waals surface area contributed by atoms with Gasteiger partial charge in [-0.25, -0.2) is 0 Å². The predicted molar refractivity (Wildman–Crippen MR) is 89.0 cm³/mol. The van der Waals surface area contributed by atoms with E-state index in [-0.39, 0.29) is 18.5 Å². The first-order chi connectivity index (χ1) is 10.6. The molecule has 0 radical (unpaired) electrons. The highest BCUT2D eigenvalue weighted by molar-refractivity contribution is 6.42. The Morgan fingerprint density at radius 1 is 1.23 bits per heavy atom. The molecule has 1 amide bonds. The Hall–Kier alpha value is -1.62. The highest BCUT2D eigenvalue weighted by atomic mass is 35.5. The van der Waals surface area contributed by atoms with Crippen molar-refractivity contribution >= 4 is 29.1 Å². The summed E-state index contributed by atoms with van der Waals surface area (Å²) in [5, 5.41) is 6.96. The van der Waals surface area contributed by atoms with Crippen molar-refractivity contribution in [1.82, 2.24) is 15.6 Å². The second-order valence-electron chi connectivity index (χ2n) is 4.84. The van der Waals surface area contributed by atoms with Crippen LogP contribution in [0.2, 0.25) is 10.0 Å². The van der Waals surface area contributed by atoms with E-state index < -0.39 is 0 Å². The number of carbonyl (C=O) groups excluding carboxylic acids is 1. The Kier molecular flexibility index (Phi) is 6.19. The van der Waals surface area contributed by atoms with Crippen LogP contribution in [-0.2, 0) is 11.3 Å². The summed E-state index contributed by atoms with van der Waals surface area (Å²) in [6.45, 7) is 2.54. The summed E-state index contributed by atoms with van der Waals surface area (Å²) in [7, 11) is 0. The van der Waals surface area contributed by atoms with Gasteiger partial charge in [0, 0.05) is 12.2 Å². The average Bonchev–Trinajstić information content (AvgIpc) is 2.54. The lowest BCUT2D eigenvalue weighted by atomic mass is 10.1. The molecular weight excluding hydrogens is 321 g/mol. The zero-order valence-electron chi connectivity index (χ0n) is 12.1. The molecule has 1 aromatic heterocycles. The van der Waals surface area contributed by atoms with Crippen molar-refractivity contribution in [3.63, 3.8) is 0 Å². The number of nitrogens with one attached hydrogen (secondary N) is 2. The topological polar surface area (TPSA) is 54.0 Å². The molecule has 0 saturated heterocycles. The number of pyridine rings is 1. The number of nitrogens with zero attached hydrogens (tertiary/aromatic N) is 1. The van der Waals surface area contributed by atoms with Crippen LogP contribution in [0.15, 0.2) is 42.6 Å². The number of aromatic nitrogens is 1. The highest BCUT2D eigenvalue weighted by Crippen LogP contribution is 2.29. The Labute approximate surface area is 139 Å². The Balaban J connectivity index is 1.82. The van der Waals surface area contributed by atoms with Gasteiger partial charge in [0.2, 0.25) is 5.91 Å². The molecule has 0 fully saturated rings. The molecule has 1 aromatic carbocycles. The third-order valence-corrected chi connectivity index (χ3v) is 4.04. The van der Waals surface area contributed by atoms with Gasteiger partial charge in [0.25, 0.3) is 0 Å². The monoisotopic (exact) mass is 337 g/mol. The number of rotatable bonds is 6. The molecule has 116 valence electrons. The fraction of sp³-hybridized carbons (Fsp3) is 0.250. The van der Waals surface area contributed by atoms with Crippen molar-refractivity contribution < 1.29 is 4.79 Å². The van der Waals surface area contributed by atoms with Crippen LogP contribution in [-0.4, -0.2) is 17.4 Å². The quantitative estimate of drug-likeness (QED) is 0.849. The molecule has 0 aliphatic carbocycles. The molecule has 22 heavy (non-hydrogen) atoms. The summed E-state index contributed by atoms with van der Waals surface area (Å²) in [5.41, 5.74) is 1.69. The van der Waals surface area contributed by atoms with Crippen LogP contribution in [0.4, 0.5) is 0 Å². The number of halogens is 2. The zero-order chi connectivity index (χ0) is 15.9. The van der Waals surface area contributed by atoms with Gasteiger partial charge in [-0.1, -0.05) is 41.4 Å². The Bertz CT molecular complexity index is 635. The third-order valence-electron chi connectivity index (χ3n) is 3.21. The molecule has 1 atom stereocenters. The molecule has 0 aliphatic rings. The van der Waals surface area contributed by atoms with Crippen LogP contribution in [0.3, 0.4) is 0 Å². The third kappa shape index (κ3) is 4.70. The van der Waals surface area contributed by atoms with E-state index in [0.29, 0.717) is 16.6 Å².